The number of benzene rings is 1. The quantitative estimate of drug-likeness (QED) is 0.703. The van der Waals surface area contributed by atoms with E-state index in [0.29, 0.717) is 37.9 Å². The number of piperidine rings is 1. The van der Waals surface area contributed by atoms with Crippen LogP contribution in [0.2, 0.25) is 0 Å². The Balaban J connectivity index is 1.38. The number of amides is 1. The highest BCUT2D eigenvalue weighted by Crippen LogP contribution is 2.26. The van der Waals surface area contributed by atoms with Gasteiger partial charge >= 0.3 is 0 Å². The van der Waals surface area contributed by atoms with E-state index in [1.54, 1.807) is 10.6 Å². The van der Waals surface area contributed by atoms with Crippen molar-refractivity contribution >= 4 is 11.4 Å². The number of aliphatic hydroxyl groups is 1. The lowest BCUT2D eigenvalue weighted by Gasteiger charge is -2.38. The Hall–Kier alpha value is -2.93. The number of aryl methyl sites for hydroxylation is 1. The molecule has 1 aliphatic heterocycles. The van der Waals surface area contributed by atoms with Crippen molar-refractivity contribution in [2.45, 2.75) is 51.2 Å². The second-order valence-electron chi connectivity index (χ2n) is 8.46. The van der Waals surface area contributed by atoms with E-state index in [1.807, 2.05) is 48.2 Å². The Morgan fingerprint density at radius 1 is 1.17 bits per heavy atom. The fourth-order valence-corrected chi connectivity index (χ4v) is 4.21. The summed E-state index contributed by atoms with van der Waals surface area (Å²) in [5, 5.41) is 15.4. The summed E-state index contributed by atoms with van der Waals surface area (Å²) >= 11 is 0. The smallest absolute Gasteiger partial charge is 0.277 e. The molecule has 1 fully saturated rings. The van der Waals surface area contributed by atoms with Gasteiger partial charge in [-0.2, -0.15) is 5.10 Å². The van der Waals surface area contributed by atoms with Crippen LogP contribution in [0.3, 0.4) is 0 Å². The molecule has 3 aromatic rings. The standard InChI is InChI=1S/C23H28N4O3/c1-17(19-6-4-3-5-7-19)14-21(28)25-12-10-23(30,11-13-25)15-26-16-24-27-18(2)8-9-20(27)22(26)29/h3-9,16-17,30H,10-15H2,1-2H3/t17-/m1/s1. The molecule has 0 aliphatic carbocycles. The first-order valence-corrected chi connectivity index (χ1v) is 10.5. The number of hydrogen-bond donors (Lipinski definition) is 1. The Morgan fingerprint density at radius 3 is 2.57 bits per heavy atom. The van der Waals surface area contributed by atoms with Crippen molar-refractivity contribution in [1.82, 2.24) is 19.1 Å². The van der Waals surface area contributed by atoms with E-state index >= 15 is 0 Å². The number of nitrogens with zero attached hydrogens (tertiary/aromatic N) is 4. The summed E-state index contributed by atoms with van der Waals surface area (Å²) in [5.74, 6) is 0.263. The molecule has 0 unspecified atom stereocenters. The molecular formula is C23H28N4O3. The van der Waals surface area contributed by atoms with Crippen LogP contribution in [-0.4, -0.2) is 48.8 Å². The minimum atomic E-state index is -1.02. The van der Waals surface area contributed by atoms with Gasteiger partial charge in [0.1, 0.15) is 11.8 Å². The van der Waals surface area contributed by atoms with Gasteiger partial charge in [0, 0.05) is 25.2 Å². The molecule has 158 valence electrons. The van der Waals surface area contributed by atoms with Crippen molar-refractivity contribution in [1.29, 1.82) is 0 Å². The van der Waals surface area contributed by atoms with Crippen LogP contribution in [0.4, 0.5) is 0 Å². The molecule has 7 nitrogen and oxygen atoms in total. The van der Waals surface area contributed by atoms with Gasteiger partial charge in [-0.15, -0.1) is 0 Å². The number of aromatic nitrogens is 3. The zero-order valence-electron chi connectivity index (χ0n) is 17.5. The number of rotatable bonds is 5. The van der Waals surface area contributed by atoms with Crippen LogP contribution < -0.4 is 5.56 Å². The summed E-state index contributed by atoms with van der Waals surface area (Å²) in [6.45, 7) is 5.12. The normalized spacial score (nSPS) is 17.2. The highest BCUT2D eigenvalue weighted by Gasteiger charge is 2.35. The maximum Gasteiger partial charge on any atom is 0.277 e. The van der Waals surface area contributed by atoms with Gasteiger partial charge in [0.2, 0.25) is 5.91 Å². The van der Waals surface area contributed by atoms with Crippen LogP contribution in [-0.2, 0) is 11.3 Å². The molecule has 1 amide bonds. The zero-order chi connectivity index (χ0) is 21.3. The van der Waals surface area contributed by atoms with Crippen LogP contribution in [0.15, 0.2) is 53.6 Å². The predicted molar refractivity (Wildman–Crippen MR) is 114 cm³/mol. The third-order valence-electron chi connectivity index (χ3n) is 6.19. The van der Waals surface area contributed by atoms with E-state index < -0.39 is 5.60 Å². The van der Waals surface area contributed by atoms with Crippen molar-refractivity contribution in [2.24, 2.45) is 0 Å². The SMILES string of the molecule is Cc1ccc2c(=O)n(CC3(O)CCN(C(=O)C[C@@H](C)c4ccccc4)CC3)cnn12. The first kappa shape index (κ1) is 20.3. The molecule has 1 aromatic carbocycles. The summed E-state index contributed by atoms with van der Waals surface area (Å²) in [4.78, 5) is 27.3. The molecule has 4 rings (SSSR count). The van der Waals surface area contributed by atoms with Gasteiger partial charge in [-0.1, -0.05) is 37.3 Å². The van der Waals surface area contributed by atoms with E-state index in [0.717, 1.165) is 11.3 Å². The lowest BCUT2D eigenvalue weighted by Crippen LogP contribution is -2.49. The average Bonchev–Trinajstić information content (AvgIpc) is 3.12. The van der Waals surface area contributed by atoms with Crippen molar-refractivity contribution in [3.05, 3.63) is 70.4 Å². The highest BCUT2D eigenvalue weighted by atomic mass is 16.3. The molecule has 30 heavy (non-hydrogen) atoms. The molecule has 1 atom stereocenters. The van der Waals surface area contributed by atoms with Gasteiger partial charge in [-0.3, -0.25) is 14.2 Å². The molecule has 1 N–H and O–H groups in total. The van der Waals surface area contributed by atoms with E-state index in [9.17, 15) is 14.7 Å². The fourth-order valence-electron chi connectivity index (χ4n) is 4.21. The van der Waals surface area contributed by atoms with Gasteiger partial charge in [-0.25, -0.2) is 4.52 Å². The van der Waals surface area contributed by atoms with Crippen LogP contribution in [0, 0.1) is 6.92 Å². The molecule has 7 heteroatoms. The van der Waals surface area contributed by atoms with Crippen LogP contribution in [0.5, 0.6) is 0 Å². The molecule has 0 radical (unpaired) electrons. The van der Waals surface area contributed by atoms with E-state index in [4.69, 9.17) is 0 Å². The molecule has 0 bridgehead atoms. The zero-order valence-corrected chi connectivity index (χ0v) is 17.5. The summed E-state index contributed by atoms with van der Waals surface area (Å²) in [6, 6.07) is 13.6. The summed E-state index contributed by atoms with van der Waals surface area (Å²) in [5.41, 5.74) is 1.36. The van der Waals surface area contributed by atoms with Crippen molar-refractivity contribution < 1.29 is 9.90 Å². The fraction of sp³-hybridized carbons (Fsp3) is 0.435. The molecule has 0 spiro atoms. The van der Waals surface area contributed by atoms with Gasteiger partial charge in [0.15, 0.2) is 0 Å². The molecule has 1 aliphatic rings. The van der Waals surface area contributed by atoms with E-state index in [2.05, 4.69) is 12.0 Å². The van der Waals surface area contributed by atoms with Gasteiger partial charge in [0.25, 0.3) is 5.56 Å². The lowest BCUT2D eigenvalue weighted by atomic mass is 9.90. The second-order valence-corrected chi connectivity index (χ2v) is 8.46. The highest BCUT2D eigenvalue weighted by molar-refractivity contribution is 5.77. The molecule has 2 aromatic heterocycles. The second kappa shape index (κ2) is 8.07. The average molecular weight is 409 g/mol. The maximum atomic E-state index is 12.7. The van der Waals surface area contributed by atoms with Crippen molar-refractivity contribution in [2.75, 3.05) is 13.1 Å². The Bertz CT molecular complexity index is 1090. The van der Waals surface area contributed by atoms with Crippen LogP contribution in [0.25, 0.3) is 5.52 Å². The minimum absolute atomic E-state index is 0.109. The maximum absolute atomic E-state index is 12.7. The largest absolute Gasteiger partial charge is 0.388 e. The summed E-state index contributed by atoms with van der Waals surface area (Å²) < 4.78 is 3.09. The third kappa shape index (κ3) is 4.03. The van der Waals surface area contributed by atoms with E-state index in [1.165, 1.54) is 10.9 Å². The Labute approximate surface area is 175 Å². The number of hydrogen-bond acceptors (Lipinski definition) is 4. The van der Waals surface area contributed by atoms with Crippen molar-refractivity contribution in [3.8, 4) is 0 Å². The van der Waals surface area contributed by atoms with Gasteiger partial charge in [-0.05, 0) is 43.4 Å². The number of carbonyl (C=O) groups is 1. The minimum Gasteiger partial charge on any atom is -0.388 e. The Morgan fingerprint density at radius 2 is 1.87 bits per heavy atom. The number of likely N-dealkylation sites (tertiary alicyclic amines) is 1. The lowest BCUT2D eigenvalue weighted by molar-refractivity contribution is -0.136. The third-order valence-corrected chi connectivity index (χ3v) is 6.19. The summed E-state index contributed by atoms with van der Waals surface area (Å²) in [6.07, 6.45) is 2.82. The van der Waals surface area contributed by atoms with Crippen molar-refractivity contribution in [3.63, 3.8) is 0 Å². The molecular weight excluding hydrogens is 380 g/mol. The topological polar surface area (TPSA) is 79.8 Å². The van der Waals surface area contributed by atoms with Gasteiger partial charge in [0.05, 0.1) is 12.1 Å². The molecule has 0 saturated carbocycles. The van der Waals surface area contributed by atoms with Gasteiger partial charge < -0.3 is 10.0 Å². The molecule has 1 saturated heterocycles. The predicted octanol–water partition coefficient (Wildman–Crippen LogP) is 2.35. The number of carbonyl (C=O) groups excluding carboxylic acids is 1. The van der Waals surface area contributed by atoms with Crippen LogP contribution in [0.1, 0.15) is 43.4 Å². The van der Waals surface area contributed by atoms with Crippen LogP contribution >= 0.6 is 0 Å². The monoisotopic (exact) mass is 408 g/mol. The Kier molecular flexibility index (Phi) is 5.47. The first-order valence-electron chi connectivity index (χ1n) is 10.5. The number of fused-ring (bicyclic) bond motifs is 1. The first-order chi connectivity index (χ1) is 14.4. The van der Waals surface area contributed by atoms with E-state index in [-0.39, 0.29) is 23.9 Å². The molecule has 3 heterocycles. The summed E-state index contributed by atoms with van der Waals surface area (Å²) in [7, 11) is 0.